The summed E-state index contributed by atoms with van der Waals surface area (Å²) in [6, 6.07) is 15.5. The molecule has 11 heteroatoms. The monoisotopic (exact) mass is 479 g/mol. The second kappa shape index (κ2) is 9.87. The normalized spacial score (nSPS) is 11.0. The molecule has 0 aliphatic carbocycles. The first-order valence-corrected chi connectivity index (χ1v) is 11.3. The zero-order valence-corrected chi connectivity index (χ0v) is 19.3. The summed E-state index contributed by atoms with van der Waals surface area (Å²) in [7, 11) is 1.63. The Bertz CT molecular complexity index is 1400. The van der Waals surface area contributed by atoms with Crippen LogP contribution in [-0.4, -0.2) is 24.2 Å². The third-order valence-electron chi connectivity index (χ3n) is 5.24. The van der Waals surface area contributed by atoms with Gasteiger partial charge >= 0.3 is 5.69 Å². The molecule has 174 valence electrons. The maximum absolute atomic E-state index is 12.9. The van der Waals surface area contributed by atoms with Gasteiger partial charge in [-0.2, -0.15) is 4.98 Å². The van der Waals surface area contributed by atoms with Gasteiger partial charge in [0.05, 0.1) is 22.2 Å². The lowest BCUT2D eigenvalue weighted by Gasteiger charge is -2.14. The van der Waals surface area contributed by atoms with Crippen LogP contribution in [0.4, 0.5) is 5.69 Å². The van der Waals surface area contributed by atoms with Crippen molar-refractivity contribution >= 4 is 17.4 Å². The van der Waals surface area contributed by atoms with Gasteiger partial charge in [-0.3, -0.25) is 24.0 Å². The Morgan fingerprint density at radius 3 is 2.44 bits per heavy atom. The highest BCUT2D eigenvalue weighted by molar-refractivity contribution is 7.98. The van der Waals surface area contributed by atoms with Gasteiger partial charge in [-0.05, 0) is 18.1 Å². The van der Waals surface area contributed by atoms with E-state index in [1.807, 2.05) is 30.3 Å². The minimum atomic E-state index is -0.456. The van der Waals surface area contributed by atoms with Crippen molar-refractivity contribution in [3.8, 4) is 0 Å². The van der Waals surface area contributed by atoms with Crippen LogP contribution in [0.2, 0.25) is 0 Å². The Balaban J connectivity index is 1.48. The van der Waals surface area contributed by atoms with Crippen molar-refractivity contribution in [2.45, 2.75) is 30.7 Å². The number of hydrogen-bond acceptors (Lipinski definition) is 8. The number of benzene rings is 2. The molecular weight excluding hydrogens is 458 g/mol. The molecule has 0 amide bonds. The van der Waals surface area contributed by atoms with Crippen LogP contribution in [0.1, 0.15) is 28.4 Å². The first-order valence-electron chi connectivity index (χ1n) is 10.4. The van der Waals surface area contributed by atoms with Crippen LogP contribution in [0.15, 0.2) is 73.7 Å². The number of non-ortho nitro benzene ring substituents is 1. The van der Waals surface area contributed by atoms with Crippen LogP contribution in [0, 0.1) is 17.0 Å². The standard InChI is InChI=1S/C23H21N5O5S/c1-15-21(29)27(13-17-6-4-3-5-7-17)23(30)26(2)22(15)34-14-20-24-19(25-33-20)12-16-8-10-18(11-9-16)28(31)32/h3-11H,12-14H2,1-2H3. The number of rotatable bonds is 8. The highest BCUT2D eigenvalue weighted by Gasteiger charge is 2.17. The molecule has 0 aliphatic rings. The van der Waals surface area contributed by atoms with E-state index in [-0.39, 0.29) is 23.5 Å². The van der Waals surface area contributed by atoms with Crippen molar-refractivity contribution in [3.63, 3.8) is 0 Å². The topological polar surface area (TPSA) is 126 Å². The van der Waals surface area contributed by atoms with Gasteiger partial charge in [-0.1, -0.05) is 59.4 Å². The van der Waals surface area contributed by atoms with Crippen LogP contribution < -0.4 is 11.2 Å². The van der Waals surface area contributed by atoms with Crippen molar-refractivity contribution < 1.29 is 9.45 Å². The predicted octanol–water partition coefficient (Wildman–Crippen LogP) is 3.08. The lowest BCUT2D eigenvalue weighted by molar-refractivity contribution is -0.384. The fraction of sp³-hybridized carbons (Fsp3) is 0.217. The Labute approximate surface area is 198 Å². The largest absolute Gasteiger partial charge is 0.338 e. The molecule has 2 aromatic heterocycles. The molecule has 10 nitrogen and oxygen atoms in total. The summed E-state index contributed by atoms with van der Waals surface area (Å²) in [5.41, 5.74) is 1.43. The molecule has 0 fully saturated rings. The molecule has 0 saturated heterocycles. The summed E-state index contributed by atoms with van der Waals surface area (Å²) in [4.78, 5) is 40.4. The Hall–Kier alpha value is -3.99. The summed E-state index contributed by atoms with van der Waals surface area (Å²) in [6.45, 7) is 1.90. The molecule has 4 aromatic rings. The zero-order valence-electron chi connectivity index (χ0n) is 18.5. The fourth-order valence-corrected chi connectivity index (χ4v) is 4.43. The molecule has 0 radical (unpaired) electrons. The van der Waals surface area contributed by atoms with Crippen LogP contribution in [0.25, 0.3) is 0 Å². The van der Waals surface area contributed by atoms with Crippen LogP contribution in [0.3, 0.4) is 0 Å². The highest BCUT2D eigenvalue weighted by Crippen LogP contribution is 2.23. The molecule has 0 aliphatic heterocycles. The summed E-state index contributed by atoms with van der Waals surface area (Å²) in [5.74, 6) is 1.07. The molecule has 4 rings (SSSR count). The molecule has 0 spiro atoms. The maximum atomic E-state index is 12.9. The third kappa shape index (κ3) is 4.99. The van der Waals surface area contributed by atoms with Gasteiger partial charge in [0.25, 0.3) is 11.2 Å². The lowest BCUT2D eigenvalue weighted by Crippen LogP contribution is -2.41. The molecule has 0 N–H and O–H groups in total. The van der Waals surface area contributed by atoms with Crippen molar-refractivity contribution in [3.05, 3.63) is 114 Å². The van der Waals surface area contributed by atoms with Crippen LogP contribution in [-0.2, 0) is 25.8 Å². The van der Waals surface area contributed by atoms with Gasteiger partial charge in [-0.15, -0.1) is 0 Å². The second-order valence-electron chi connectivity index (χ2n) is 7.64. The van der Waals surface area contributed by atoms with E-state index in [2.05, 4.69) is 10.1 Å². The summed E-state index contributed by atoms with van der Waals surface area (Å²) >= 11 is 1.27. The molecular formula is C23H21N5O5S. The highest BCUT2D eigenvalue weighted by atomic mass is 32.2. The van der Waals surface area contributed by atoms with Crippen molar-refractivity contribution in [2.75, 3.05) is 0 Å². The first-order chi connectivity index (χ1) is 16.3. The molecule has 0 unspecified atom stereocenters. The average molecular weight is 480 g/mol. The second-order valence-corrected chi connectivity index (χ2v) is 8.61. The number of nitro benzene ring substituents is 1. The lowest BCUT2D eigenvalue weighted by atomic mass is 10.1. The molecule has 0 saturated carbocycles. The maximum Gasteiger partial charge on any atom is 0.331 e. The minimum Gasteiger partial charge on any atom is -0.338 e. The van der Waals surface area contributed by atoms with Gasteiger partial charge in [0, 0.05) is 31.2 Å². The van der Waals surface area contributed by atoms with Crippen molar-refractivity contribution in [2.24, 2.45) is 7.05 Å². The van der Waals surface area contributed by atoms with Crippen molar-refractivity contribution in [1.29, 1.82) is 0 Å². The first kappa shape index (κ1) is 23.2. The van der Waals surface area contributed by atoms with Crippen LogP contribution >= 0.6 is 11.8 Å². The summed E-state index contributed by atoms with van der Waals surface area (Å²) in [6.07, 6.45) is 0.360. The Kier molecular flexibility index (Phi) is 6.73. The third-order valence-corrected chi connectivity index (χ3v) is 6.49. The number of nitrogens with zero attached hydrogens (tertiary/aromatic N) is 5. The SMILES string of the molecule is Cc1c(SCc2nc(Cc3ccc([N+](=O)[O-])cc3)no2)n(C)c(=O)n(Cc2ccccc2)c1=O. The smallest absolute Gasteiger partial charge is 0.331 e. The summed E-state index contributed by atoms with van der Waals surface area (Å²) < 4.78 is 7.99. The number of hydrogen-bond donors (Lipinski definition) is 0. The van der Waals surface area contributed by atoms with E-state index in [0.29, 0.717) is 28.7 Å². The Morgan fingerprint density at radius 2 is 1.76 bits per heavy atom. The summed E-state index contributed by atoms with van der Waals surface area (Å²) in [5, 5.41) is 15.3. The van der Waals surface area contributed by atoms with Gasteiger partial charge in [0.15, 0.2) is 5.82 Å². The van der Waals surface area contributed by atoms with Gasteiger partial charge in [-0.25, -0.2) is 4.79 Å². The molecule has 34 heavy (non-hydrogen) atoms. The number of thioether (sulfide) groups is 1. The molecule has 0 atom stereocenters. The van der Waals surface area contributed by atoms with E-state index >= 15 is 0 Å². The van der Waals surface area contributed by atoms with Crippen LogP contribution in [0.5, 0.6) is 0 Å². The number of nitro groups is 1. The Morgan fingerprint density at radius 1 is 1.06 bits per heavy atom. The predicted molar refractivity (Wildman–Crippen MR) is 126 cm³/mol. The van der Waals surface area contributed by atoms with E-state index < -0.39 is 10.6 Å². The van der Waals surface area contributed by atoms with E-state index in [9.17, 15) is 19.7 Å². The minimum absolute atomic E-state index is 0.0145. The van der Waals surface area contributed by atoms with E-state index in [1.54, 1.807) is 26.1 Å². The van der Waals surface area contributed by atoms with Gasteiger partial charge in [0.1, 0.15) is 0 Å². The van der Waals surface area contributed by atoms with E-state index in [1.165, 1.54) is 33.0 Å². The average Bonchev–Trinajstić information content (AvgIpc) is 3.28. The molecule has 0 bridgehead atoms. The molecule has 2 heterocycles. The fourth-order valence-electron chi connectivity index (χ4n) is 3.48. The van der Waals surface area contributed by atoms with Crippen molar-refractivity contribution in [1.82, 2.24) is 19.3 Å². The van der Waals surface area contributed by atoms with E-state index in [4.69, 9.17) is 4.52 Å². The van der Waals surface area contributed by atoms with E-state index in [0.717, 1.165) is 11.1 Å². The zero-order chi connectivity index (χ0) is 24.2. The quantitative estimate of drug-likeness (QED) is 0.163. The number of aromatic nitrogens is 4. The van der Waals surface area contributed by atoms with Gasteiger partial charge in [0.2, 0.25) is 5.89 Å². The molecule has 2 aromatic carbocycles. The van der Waals surface area contributed by atoms with Gasteiger partial charge < -0.3 is 4.52 Å².